The first-order chi connectivity index (χ1) is 15.8. The number of carbonyl (C=O) groups is 1. The minimum Gasteiger partial charge on any atom is -0.348 e. The monoisotopic (exact) mass is 488 g/mol. The van der Waals surface area contributed by atoms with Gasteiger partial charge in [-0.3, -0.25) is 19.3 Å². The molecule has 0 fully saturated rings. The summed E-state index contributed by atoms with van der Waals surface area (Å²) in [4.78, 5) is 21.4. The highest BCUT2D eigenvalue weighted by molar-refractivity contribution is 7.81. The summed E-state index contributed by atoms with van der Waals surface area (Å²) in [6.07, 6.45) is 2.92. The number of anilines is 2. The number of halogens is 3. The first-order valence-electron chi connectivity index (χ1n) is 9.47. The molecule has 0 aliphatic rings. The van der Waals surface area contributed by atoms with Crippen LogP contribution in [0.2, 0.25) is 5.02 Å². The molecule has 168 valence electrons. The molecule has 1 unspecified atom stereocenters. The van der Waals surface area contributed by atoms with Crippen LogP contribution < -0.4 is 9.62 Å². The van der Waals surface area contributed by atoms with Gasteiger partial charge in [0.1, 0.15) is 17.2 Å². The number of amides is 1. The van der Waals surface area contributed by atoms with Gasteiger partial charge in [-0.25, -0.2) is 17.3 Å². The van der Waals surface area contributed by atoms with Gasteiger partial charge >= 0.3 is 0 Å². The summed E-state index contributed by atoms with van der Waals surface area (Å²) < 4.78 is 50.6. The van der Waals surface area contributed by atoms with E-state index in [1.807, 2.05) is 0 Å². The number of rotatable bonds is 6. The molecule has 0 aliphatic heterocycles. The molecule has 1 heterocycles. The Kier molecular flexibility index (Phi) is 6.59. The van der Waals surface area contributed by atoms with Gasteiger partial charge in [-0.15, -0.1) is 0 Å². The molecule has 0 spiro atoms. The number of para-hydroxylation sites is 1. The lowest BCUT2D eigenvalue weighted by molar-refractivity contribution is 0.0951. The van der Waals surface area contributed by atoms with Crippen molar-refractivity contribution >= 4 is 51.2 Å². The van der Waals surface area contributed by atoms with Crippen molar-refractivity contribution in [2.75, 3.05) is 4.31 Å². The SMILES string of the molecule is O=C(NCc1ccc(F)cc1F)c1ccc(Cl)cc1N(c1cccc2nccnc12)S(=O)O. The normalized spacial score (nSPS) is 11.9. The zero-order valence-corrected chi connectivity index (χ0v) is 18.3. The Morgan fingerprint density at radius 3 is 2.61 bits per heavy atom. The molecule has 33 heavy (non-hydrogen) atoms. The van der Waals surface area contributed by atoms with Gasteiger partial charge in [0, 0.05) is 35.6 Å². The highest BCUT2D eigenvalue weighted by atomic mass is 35.5. The molecule has 0 radical (unpaired) electrons. The van der Waals surface area contributed by atoms with Crippen molar-refractivity contribution in [1.82, 2.24) is 15.3 Å². The molecule has 0 aliphatic carbocycles. The molecule has 1 atom stereocenters. The fourth-order valence-corrected chi connectivity index (χ4v) is 4.04. The molecule has 0 saturated carbocycles. The molecule has 2 N–H and O–H groups in total. The van der Waals surface area contributed by atoms with Crippen molar-refractivity contribution in [2.24, 2.45) is 0 Å². The Morgan fingerprint density at radius 2 is 1.85 bits per heavy atom. The van der Waals surface area contributed by atoms with Crippen LogP contribution in [-0.2, 0) is 17.8 Å². The van der Waals surface area contributed by atoms with Crippen LogP contribution in [0.4, 0.5) is 20.2 Å². The van der Waals surface area contributed by atoms with Gasteiger partial charge in [-0.2, -0.15) is 0 Å². The van der Waals surface area contributed by atoms with Gasteiger partial charge < -0.3 is 5.32 Å². The summed E-state index contributed by atoms with van der Waals surface area (Å²) in [5, 5.41) is 2.75. The van der Waals surface area contributed by atoms with Crippen LogP contribution in [0.1, 0.15) is 15.9 Å². The fraction of sp³-hybridized carbons (Fsp3) is 0.0455. The van der Waals surface area contributed by atoms with E-state index in [2.05, 4.69) is 15.3 Å². The molecule has 0 bridgehead atoms. The van der Waals surface area contributed by atoms with E-state index in [1.165, 1.54) is 36.7 Å². The van der Waals surface area contributed by atoms with Crippen molar-refractivity contribution in [3.8, 4) is 0 Å². The minimum absolute atomic E-state index is 0.00483. The van der Waals surface area contributed by atoms with Gasteiger partial charge in [-0.05, 0) is 36.4 Å². The lowest BCUT2D eigenvalue weighted by atomic mass is 10.1. The van der Waals surface area contributed by atoms with Crippen LogP contribution in [-0.4, -0.2) is 24.6 Å². The van der Waals surface area contributed by atoms with Crippen molar-refractivity contribution in [2.45, 2.75) is 6.54 Å². The largest absolute Gasteiger partial charge is 0.348 e. The zero-order chi connectivity index (χ0) is 23.5. The van der Waals surface area contributed by atoms with Crippen LogP contribution in [0.5, 0.6) is 0 Å². The van der Waals surface area contributed by atoms with E-state index >= 15 is 0 Å². The van der Waals surface area contributed by atoms with Crippen molar-refractivity contribution in [3.63, 3.8) is 0 Å². The maximum absolute atomic E-state index is 13.9. The van der Waals surface area contributed by atoms with Gasteiger partial charge in [0.05, 0.1) is 22.5 Å². The van der Waals surface area contributed by atoms with E-state index < -0.39 is 28.8 Å². The smallest absolute Gasteiger partial charge is 0.266 e. The summed E-state index contributed by atoms with van der Waals surface area (Å²) in [6.45, 7) is -0.227. The van der Waals surface area contributed by atoms with Crippen LogP contribution in [0.15, 0.2) is 67.0 Å². The molecular formula is C22H15ClF2N4O3S. The maximum atomic E-state index is 13.9. The third kappa shape index (κ3) is 4.82. The van der Waals surface area contributed by atoms with E-state index in [9.17, 15) is 22.3 Å². The topological polar surface area (TPSA) is 95.4 Å². The molecule has 4 rings (SSSR count). The van der Waals surface area contributed by atoms with Crippen LogP contribution in [0.25, 0.3) is 11.0 Å². The Morgan fingerprint density at radius 1 is 1.06 bits per heavy atom. The second-order valence-electron chi connectivity index (χ2n) is 6.81. The van der Waals surface area contributed by atoms with E-state index in [4.69, 9.17) is 11.6 Å². The van der Waals surface area contributed by atoms with Gasteiger partial charge in [0.15, 0.2) is 0 Å². The second kappa shape index (κ2) is 9.57. The van der Waals surface area contributed by atoms with Gasteiger partial charge in [0.25, 0.3) is 17.2 Å². The number of hydrogen-bond acceptors (Lipinski definition) is 4. The second-order valence-corrected chi connectivity index (χ2v) is 8.07. The number of benzene rings is 3. The Bertz CT molecular complexity index is 1380. The van der Waals surface area contributed by atoms with E-state index in [0.29, 0.717) is 17.1 Å². The van der Waals surface area contributed by atoms with Crippen LogP contribution in [0, 0.1) is 11.6 Å². The highest BCUT2D eigenvalue weighted by Crippen LogP contribution is 2.35. The number of nitrogens with one attached hydrogen (secondary N) is 1. The van der Waals surface area contributed by atoms with Gasteiger partial charge in [0.2, 0.25) is 0 Å². The number of fused-ring (bicyclic) bond motifs is 1. The zero-order valence-electron chi connectivity index (χ0n) is 16.7. The summed E-state index contributed by atoms with van der Waals surface area (Å²) in [6, 6.07) is 12.1. The molecule has 7 nitrogen and oxygen atoms in total. The molecule has 0 saturated heterocycles. The van der Waals surface area contributed by atoms with E-state index in [-0.39, 0.29) is 34.1 Å². The van der Waals surface area contributed by atoms with Crippen molar-refractivity contribution < 1.29 is 22.3 Å². The Balaban J connectivity index is 1.74. The summed E-state index contributed by atoms with van der Waals surface area (Å²) in [5.74, 6) is -2.20. The van der Waals surface area contributed by atoms with Crippen LogP contribution in [0.3, 0.4) is 0 Å². The fourth-order valence-electron chi connectivity index (χ4n) is 3.24. The number of aromatic nitrogens is 2. The number of hydrogen-bond donors (Lipinski definition) is 2. The first-order valence-corrected chi connectivity index (χ1v) is 10.9. The third-order valence-electron chi connectivity index (χ3n) is 4.73. The molecule has 3 aromatic carbocycles. The average Bonchev–Trinajstić information content (AvgIpc) is 2.78. The lowest BCUT2D eigenvalue weighted by Gasteiger charge is -2.23. The maximum Gasteiger partial charge on any atom is 0.266 e. The minimum atomic E-state index is -2.62. The first kappa shape index (κ1) is 22.7. The average molecular weight is 489 g/mol. The van der Waals surface area contributed by atoms with Gasteiger partial charge in [-0.1, -0.05) is 23.7 Å². The molecule has 1 amide bonds. The van der Waals surface area contributed by atoms with E-state index in [1.54, 1.807) is 18.2 Å². The Hall–Kier alpha value is -3.47. The number of carbonyl (C=O) groups excluding carboxylic acids is 1. The molecular weight excluding hydrogens is 474 g/mol. The van der Waals surface area contributed by atoms with E-state index in [0.717, 1.165) is 10.4 Å². The van der Waals surface area contributed by atoms with Crippen molar-refractivity contribution in [3.05, 3.63) is 94.8 Å². The van der Waals surface area contributed by atoms with Crippen molar-refractivity contribution in [1.29, 1.82) is 0 Å². The highest BCUT2D eigenvalue weighted by Gasteiger charge is 2.25. The summed E-state index contributed by atoms with van der Waals surface area (Å²) in [5.41, 5.74) is 1.14. The quantitative estimate of drug-likeness (QED) is 0.381. The number of nitrogens with zero attached hydrogens (tertiary/aromatic N) is 3. The Labute approximate surface area is 194 Å². The van der Waals surface area contributed by atoms with Crippen LogP contribution >= 0.6 is 11.6 Å². The molecule has 4 aromatic rings. The predicted molar refractivity (Wildman–Crippen MR) is 121 cm³/mol. The summed E-state index contributed by atoms with van der Waals surface area (Å²) >= 11 is 3.52. The predicted octanol–water partition coefficient (Wildman–Crippen LogP) is 4.77. The lowest BCUT2D eigenvalue weighted by Crippen LogP contribution is -2.28. The molecule has 1 aromatic heterocycles. The standard InChI is InChI=1S/C22H15ClF2N4O3S/c23-14-5-7-16(22(30)28-12-13-4-6-15(24)11-17(13)25)20(10-14)29(33(31)32)19-3-1-2-18-21(19)27-9-8-26-18/h1-11H,12H2,(H,28,30)(H,31,32). The summed E-state index contributed by atoms with van der Waals surface area (Å²) in [7, 11) is 0. The molecule has 11 heteroatoms. The third-order valence-corrected chi connectivity index (χ3v) is 5.67.